The first-order valence-electron chi connectivity index (χ1n) is 14.8. The lowest BCUT2D eigenvalue weighted by Gasteiger charge is -2.31. The first-order chi connectivity index (χ1) is 22.8. The number of carbonyl (C=O) groups is 1. The van der Waals surface area contributed by atoms with Gasteiger partial charge in [0.2, 0.25) is 5.90 Å². The molecular formula is C34H31BrF2N6O4. The third kappa shape index (κ3) is 8.13. The number of nitrogens with zero attached hydrogens (tertiary/aromatic N) is 4. The molecule has 0 aliphatic carbocycles. The van der Waals surface area contributed by atoms with Gasteiger partial charge in [-0.3, -0.25) is 10.2 Å². The van der Waals surface area contributed by atoms with Crippen molar-refractivity contribution in [1.82, 2.24) is 10.9 Å². The van der Waals surface area contributed by atoms with Crippen LogP contribution in [0.15, 0.2) is 106 Å². The Balaban J connectivity index is 1.53. The summed E-state index contributed by atoms with van der Waals surface area (Å²) in [5, 5.41) is 12.9. The molecule has 0 saturated carbocycles. The summed E-state index contributed by atoms with van der Waals surface area (Å²) < 4.78 is 40.4. The van der Waals surface area contributed by atoms with Crippen molar-refractivity contribution < 1.29 is 28.2 Å². The minimum Gasteiger partial charge on any atom is -0.494 e. The molecular weight excluding hydrogens is 674 g/mol. The van der Waals surface area contributed by atoms with E-state index in [2.05, 4.69) is 36.8 Å². The van der Waals surface area contributed by atoms with Crippen molar-refractivity contribution in [3.63, 3.8) is 0 Å². The summed E-state index contributed by atoms with van der Waals surface area (Å²) in [5.41, 5.74) is 15.8. The fourth-order valence-corrected chi connectivity index (χ4v) is 5.68. The van der Waals surface area contributed by atoms with Gasteiger partial charge >= 0.3 is 0 Å². The number of hydrazine groups is 1. The van der Waals surface area contributed by atoms with Gasteiger partial charge in [0, 0.05) is 58.3 Å². The van der Waals surface area contributed by atoms with Crippen LogP contribution in [-0.4, -0.2) is 42.2 Å². The number of ether oxygens (including phenoxy) is 2. The van der Waals surface area contributed by atoms with Crippen molar-refractivity contribution in [2.24, 2.45) is 10.1 Å². The van der Waals surface area contributed by atoms with E-state index < -0.39 is 29.2 Å². The molecule has 5 rings (SSSR count). The molecule has 1 amide bonds. The Hall–Kier alpha value is -4.81. The monoisotopic (exact) mass is 704 g/mol. The number of amides is 1. The SMILES string of the molecule is [N-]=[N+]=Nc1ccccc1[C@@H]1OC(c2ccc(OCCCO)cc2)=N[C@]1(Cc1ccccc1Br)C(=O)NNCCc1cc(F)cc(F)c1. The lowest BCUT2D eigenvalue weighted by molar-refractivity contribution is -0.130. The van der Waals surface area contributed by atoms with Gasteiger partial charge in [-0.25, -0.2) is 19.2 Å². The first-order valence-corrected chi connectivity index (χ1v) is 15.6. The van der Waals surface area contributed by atoms with E-state index in [-0.39, 0.29) is 37.6 Å². The van der Waals surface area contributed by atoms with E-state index >= 15 is 0 Å². The summed E-state index contributed by atoms with van der Waals surface area (Å²) in [7, 11) is 0. The van der Waals surface area contributed by atoms with E-state index in [0.717, 1.165) is 16.1 Å². The maximum Gasteiger partial charge on any atom is 0.266 e. The van der Waals surface area contributed by atoms with Crippen molar-refractivity contribution in [2.75, 3.05) is 19.8 Å². The summed E-state index contributed by atoms with van der Waals surface area (Å²) in [6.07, 6.45) is -0.236. The van der Waals surface area contributed by atoms with Gasteiger partial charge in [-0.05, 0) is 65.5 Å². The zero-order chi connectivity index (χ0) is 33.2. The van der Waals surface area contributed by atoms with Crippen LogP contribution in [0, 0.1) is 11.6 Å². The van der Waals surface area contributed by atoms with Crippen LogP contribution in [0.4, 0.5) is 14.5 Å². The van der Waals surface area contributed by atoms with Crippen LogP contribution in [0.5, 0.6) is 5.75 Å². The van der Waals surface area contributed by atoms with E-state index in [1.54, 1.807) is 48.5 Å². The van der Waals surface area contributed by atoms with Gasteiger partial charge in [0.05, 0.1) is 6.61 Å². The van der Waals surface area contributed by atoms with Crippen molar-refractivity contribution in [3.8, 4) is 5.75 Å². The Labute approximate surface area is 278 Å². The van der Waals surface area contributed by atoms with Gasteiger partial charge in [0.1, 0.15) is 17.4 Å². The molecule has 4 aromatic rings. The van der Waals surface area contributed by atoms with Gasteiger partial charge < -0.3 is 14.6 Å². The molecule has 1 aliphatic heterocycles. The van der Waals surface area contributed by atoms with E-state index in [1.165, 1.54) is 12.1 Å². The zero-order valence-electron chi connectivity index (χ0n) is 25.1. The predicted molar refractivity (Wildman–Crippen MR) is 176 cm³/mol. The second kappa shape index (κ2) is 15.7. The average Bonchev–Trinajstić information content (AvgIpc) is 3.45. The second-order valence-electron chi connectivity index (χ2n) is 10.7. The molecule has 10 nitrogen and oxygen atoms in total. The Morgan fingerprint density at radius 1 is 1.06 bits per heavy atom. The molecule has 0 fully saturated rings. The number of aliphatic hydroxyl groups excluding tert-OH is 1. The number of hydrogen-bond donors (Lipinski definition) is 3. The predicted octanol–water partition coefficient (Wildman–Crippen LogP) is 6.79. The van der Waals surface area contributed by atoms with E-state index in [9.17, 15) is 19.1 Å². The van der Waals surface area contributed by atoms with Crippen LogP contribution in [-0.2, 0) is 22.4 Å². The number of carbonyl (C=O) groups excluding carboxylic acids is 1. The molecule has 2 atom stereocenters. The maximum atomic E-state index is 14.4. The molecule has 0 bridgehead atoms. The number of hydrogen-bond acceptors (Lipinski definition) is 7. The molecule has 0 aromatic heterocycles. The van der Waals surface area contributed by atoms with Crippen molar-refractivity contribution in [1.29, 1.82) is 0 Å². The Morgan fingerprint density at radius 3 is 2.51 bits per heavy atom. The molecule has 47 heavy (non-hydrogen) atoms. The quantitative estimate of drug-likeness (QED) is 0.0436. The number of rotatable bonds is 14. The van der Waals surface area contributed by atoms with E-state index in [0.29, 0.717) is 35.5 Å². The van der Waals surface area contributed by atoms with Crippen LogP contribution in [0.25, 0.3) is 10.4 Å². The molecule has 3 N–H and O–H groups in total. The lowest BCUT2D eigenvalue weighted by atomic mass is 9.81. The molecule has 0 unspecified atom stereocenters. The third-order valence-electron chi connectivity index (χ3n) is 7.48. The summed E-state index contributed by atoms with van der Waals surface area (Å²) in [6, 6.07) is 24.5. The largest absolute Gasteiger partial charge is 0.494 e. The molecule has 1 heterocycles. The molecule has 1 aliphatic rings. The lowest BCUT2D eigenvalue weighted by Crippen LogP contribution is -2.54. The maximum absolute atomic E-state index is 14.4. The molecule has 242 valence electrons. The molecule has 13 heteroatoms. The van der Waals surface area contributed by atoms with Crippen molar-refractivity contribution in [2.45, 2.75) is 30.9 Å². The van der Waals surface area contributed by atoms with E-state index in [1.807, 2.05) is 24.3 Å². The van der Waals surface area contributed by atoms with Crippen LogP contribution in [0.3, 0.4) is 0 Å². The zero-order valence-corrected chi connectivity index (χ0v) is 26.7. The minimum atomic E-state index is -1.62. The number of azide groups is 1. The Morgan fingerprint density at radius 2 is 1.79 bits per heavy atom. The minimum absolute atomic E-state index is 0.0152. The van der Waals surface area contributed by atoms with Crippen molar-refractivity contribution >= 4 is 33.4 Å². The molecule has 0 spiro atoms. The van der Waals surface area contributed by atoms with Gasteiger partial charge in [-0.15, -0.1) is 0 Å². The van der Waals surface area contributed by atoms with E-state index in [4.69, 9.17) is 19.6 Å². The summed E-state index contributed by atoms with van der Waals surface area (Å²) >= 11 is 3.59. The van der Waals surface area contributed by atoms with Crippen molar-refractivity contribution in [3.05, 3.63) is 140 Å². The topological polar surface area (TPSA) is 141 Å². The standard InChI is InChI=1S/C34H31BrF2N6O4/c35-29-8-3-1-6-24(29)21-34(33(45)42-39-15-14-22-18-25(36)20-26(37)19-22)31(28-7-2-4-9-30(28)41-43-38)47-32(40-34)23-10-12-27(13-11-23)46-17-5-16-44/h1-4,6-13,18-20,31,39,44H,5,14-17,21H2,(H,42,45)/t31-,34-/m0/s1. The summed E-state index contributed by atoms with van der Waals surface area (Å²) in [6.45, 7) is 0.526. The fourth-order valence-electron chi connectivity index (χ4n) is 5.25. The fraction of sp³-hybridized carbons (Fsp3) is 0.235. The number of aliphatic hydroxyl groups is 1. The van der Waals surface area contributed by atoms with Gasteiger partial charge in [0.25, 0.3) is 5.91 Å². The second-order valence-corrected chi connectivity index (χ2v) is 11.6. The van der Waals surface area contributed by atoms with Crippen LogP contribution >= 0.6 is 15.9 Å². The first kappa shape index (κ1) is 33.6. The van der Waals surface area contributed by atoms with Gasteiger partial charge in [-0.2, -0.15) is 0 Å². The summed E-state index contributed by atoms with van der Waals surface area (Å²) in [4.78, 5) is 22.3. The number of aliphatic imine (C=N–C) groups is 1. The number of nitrogens with one attached hydrogen (secondary N) is 2. The highest BCUT2D eigenvalue weighted by molar-refractivity contribution is 9.10. The highest BCUT2D eigenvalue weighted by Gasteiger charge is 2.54. The average molecular weight is 706 g/mol. The van der Waals surface area contributed by atoms with Gasteiger partial charge in [0.15, 0.2) is 11.6 Å². The number of halogens is 3. The third-order valence-corrected chi connectivity index (χ3v) is 8.26. The molecule has 4 aromatic carbocycles. The Bertz CT molecular complexity index is 1780. The normalized spacial score (nSPS) is 16.9. The highest BCUT2D eigenvalue weighted by atomic mass is 79.9. The van der Waals surface area contributed by atoms with Gasteiger partial charge in [-0.1, -0.05) is 63.5 Å². The van der Waals surface area contributed by atoms with Crippen LogP contribution in [0.2, 0.25) is 0 Å². The van der Waals surface area contributed by atoms with Crippen LogP contribution < -0.4 is 15.6 Å². The number of benzene rings is 4. The molecule has 0 saturated heterocycles. The van der Waals surface area contributed by atoms with Crippen LogP contribution in [0.1, 0.15) is 34.8 Å². The smallest absolute Gasteiger partial charge is 0.266 e. The highest BCUT2D eigenvalue weighted by Crippen LogP contribution is 2.46. The molecule has 0 radical (unpaired) electrons. The Kier molecular flexibility index (Phi) is 11.2. The summed E-state index contributed by atoms with van der Waals surface area (Å²) in [5.74, 6) is -1.14.